The molecule has 0 aliphatic carbocycles. The number of fused-ring (bicyclic) bond motifs is 1. The first kappa shape index (κ1) is 8.93. The topological polar surface area (TPSA) is 25.2 Å². The highest BCUT2D eigenvalue weighted by atomic mass is 15.3. The van der Waals surface area contributed by atoms with Gasteiger partial charge in [-0.05, 0) is 26.3 Å². The molecule has 0 aromatic rings. The second-order valence-corrected chi connectivity index (χ2v) is 5.37. The van der Waals surface area contributed by atoms with Gasteiger partial charge >= 0.3 is 0 Å². The Morgan fingerprint density at radius 2 is 2.29 bits per heavy atom. The van der Waals surface area contributed by atoms with Crippen LogP contribution in [0.3, 0.4) is 0 Å². The zero-order valence-corrected chi connectivity index (χ0v) is 9.05. The average Bonchev–Trinajstić information content (AvgIpc) is 2.81. The molecule has 0 amide bonds. The Bertz CT molecular complexity index is 267. The van der Waals surface area contributed by atoms with Gasteiger partial charge in [0, 0.05) is 25.0 Å². The highest BCUT2D eigenvalue weighted by Gasteiger charge is 2.59. The Morgan fingerprint density at radius 3 is 2.93 bits per heavy atom. The Labute approximate surface area is 86.4 Å². The van der Waals surface area contributed by atoms with Crippen LogP contribution in [0.2, 0.25) is 0 Å². The van der Waals surface area contributed by atoms with Crippen LogP contribution < -0.4 is 5.32 Å². The van der Waals surface area contributed by atoms with E-state index in [9.17, 15) is 0 Å². The summed E-state index contributed by atoms with van der Waals surface area (Å²) in [6.07, 6.45) is 4.21. The highest BCUT2D eigenvalue weighted by molar-refractivity contribution is 5.26. The minimum absolute atomic E-state index is 0.445. The molecule has 3 aliphatic heterocycles. The second-order valence-electron chi connectivity index (χ2n) is 5.37. The van der Waals surface area contributed by atoms with E-state index in [0.717, 1.165) is 12.0 Å². The fourth-order valence-corrected chi connectivity index (χ4v) is 3.66. The predicted octanol–water partition coefficient (Wildman–Crippen LogP) is 1.39. The predicted molar refractivity (Wildman–Crippen MR) is 58.2 cm³/mol. The van der Waals surface area contributed by atoms with E-state index >= 15 is 0 Å². The normalized spacial score (nSPS) is 46.6. The molecule has 3 heterocycles. The molecule has 3 rings (SSSR count). The molecule has 3 fully saturated rings. The van der Waals surface area contributed by atoms with E-state index in [1.807, 2.05) is 0 Å². The van der Waals surface area contributed by atoms with E-state index in [4.69, 9.17) is 0 Å². The molecule has 0 unspecified atom stereocenters. The van der Waals surface area contributed by atoms with Crippen LogP contribution in [-0.4, -0.2) is 36.1 Å². The fourth-order valence-electron chi connectivity index (χ4n) is 3.66. The molecule has 1 N–H and O–H groups in total. The maximum absolute atomic E-state index is 4.20. The van der Waals surface area contributed by atoms with Gasteiger partial charge in [0.05, 0.1) is 5.54 Å². The van der Waals surface area contributed by atoms with Gasteiger partial charge in [0.1, 0.15) is 0 Å². The number of nitrogens with one attached hydrogen (secondary N) is 1. The van der Waals surface area contributed by atoms with Crippen molar-refractivity contribution in [2.24, 2.45) is 5.92 Å². The lowest BCUT2D eigenvalue weighted by Gasteiger charge is -2.32. The first-order chi connectivity index (χ1) is 6.73. The number of nitrogens with zero attached hydrogens (tertiary/aromatic N) is 1. The third kappa shape index (κ3) is 1.10. The van der Waals surface area contributed by atoms with Gasteiger partial charge in [-0.2, -0.15) is 0 Å². The molecule has 0 radical (unpaired) electrons. The summed E-state index contributed by atoms with van der Waals surface area (Å²) in [5, 5.41) is 3.60. The van der Waals surface area contributed by atoms with Gasteiger partial charge in [-0.25, -0.2) is 0 Å². The summed E-state index contributed by atoms with van der Waals surface area (Å²) >= 11 is 0. The lowest BCUT2D eigenvalue weighted by Crippen LogP contribution is -2.37. The van der Waals surface area contributed by atoms with Gasteiger partial charge < -0.3 is 5.32 Å². The van der Waals surface area contributed by atoms with E-state index in [2.05, 4.69) is 23.7 Å². The van der Waals surface area contributed by atoms with Gasteiger partial charge in [-0.3, -0.25) is 4.90 Å². The molecule has 0 saturated carbocycles. The number of hydrogen-bond acceptors (Lipinski definition) is 2. The Morgan fingerprint density at radius 1 is 1.50 bits per heavy atom. The summed E-state index contributed by atoms with van der Waals surface area (Å²) in [6.45, 7) is 10.2. The van der Waals surface area contributed by atoms with Crippen LogP contribution >= 0.6 is 0 Å². The maximum atomic E-state index is 4.20. The third-order valence-electron chi connectivity index (χ3n) is 4.29. The molecular formula is C12H20N2. The van der Waals surface area contributed by atoms with Crippen molar-refractivity contribution < 1.29 is 0 Å². The summed E-state index contributed by atoms with van der Waals surface area (Å²) in [7, 11) is 0. The number of rotatable bonds is 1. The standard InChI is InChI=1S/C12H20N2/c1-9(2)11-10-5-3-4-6-14(10)8-12(11)7-13-12/h10-11,13H,1,3-8H2,2H3/t10-,11-,12+/m1/s1. The second kappa shape index (κ2) is 2.83. The van der Waals surface area contributed by atoms with Gasteiger partial charge in [0.25, 0.3) is 0 Å². The Balaban J connectivity index is 1.88. The number of piperidine rings is 1. The molecule has 0 aromatic carbocycles. The molecule has 78 valence electrons. The van der Waals surface area contributed by atoms with Crippen LogP contribution in [0.5, 0.6) is 0 Å². The SMILES string of the molecule is C=C(C)[C@@H]1[C@H]2CCCCN2C[C@@]12CN2. The van der Waals surface area contributed by atoms with Crippen LogP contribution in [-0.2, 0) is 0 Å². The smallest absolute Gasteiger partial charge is 0.0516 e. The minimum Gasteiger partial charge on any atom is -0.306 e. The summed E-state index contributed by atoms with van der Waals surface area (Å²) in [5.41, 5.74) is 1.84. The number of hydrogen-bond donors (Lipinski definition) is 1. The molecule has 0 bridgehead atoms. The maximum Gasteiger partial charge on any atom is 0.0516 e. The quantitative estimate of drug-likeness (QED) is 0.502. The van der Waals surface area contributed by atoms with Crippen molar-refractivity contribution in [3.8, 4) is 0 Å². The summed E-state index contributed by atoms with van der Waals surface area (Å²) in [4.78, 5) is 2.70. The summed E-state index contributed by atoms with van der Waals surface area (Å²) in [6, 6.07) is 0.802. The van der Waals surface area contributed by atoms with Crippen molar-refractivity contribution in [3.05, 3.63) is 12.2 Å². The molecule has 2 nitrogen and oxygen atoms in total. The van der Waals surface area contributed by atoms with Crippen LogP contribution in [0.4, 0.5) is 0 Å². The lowest BCUT2D eigenvalue weighted by molar-refractivity contribution is 0.181. The van der Waals surface area contributed by atoms with Crippen LogP contribution in [0.15, 0.2) is 12.2 Å². The molecule has 3 atom stereocenters. The van der Waals surface area contributed by atoms with Crippen molar-refractivity contribution in [1.29, 1.82) is 0 Å². The van der Waals surface area contributed by atoms with Crippen molar-refractivity contribution in [2.45, 2.75) is 37.8 Å². The summed E-state index contributed by atoms with van der Waals surface area (Å²) < 4.78 is 0. The minimum atomic E-state index is 0.445. The average molecular weight is 192 g/mol. The molecule has 2 heteroatoms. The molecule has 14 heavy (non-hydrogen) atoms. The van der Waals surface area contributed by atoms with Crippen molar-refractivity contribution in [2.75, 3.05) is 19.6 Å². The summed E-state index contributed by atoms with van der Waals surface area (Å²) in [5.74, 6) is 0.725. The molecule has 0 aromatic heterocycles. The molecule has 1 spiro atoms. The van der Waals surface area contributed by atoms with Crippen molar-refractivity contribution >= 4 is 0 Å². The van der Waals surface area contributed by atoms with E-state index < -0.39 is 0 Å². The van der Waals surface area contributed by atoms with Crippen molar-refractivity contribution in [3.63, 3.8) is 0 Å². The Kier molecular flexibility index (Phi) is 1.80. The molecule has 3 saturated heterocycles. The fraction of sp³-hybridized carbons (Fsp3) is 0.833. The van der Waals surface area contributed by atoms with Gasteiger partial charge in [0.15, 0.2) is 0 Å². The lowest BCUT2D eigenvalue weighted by atomic mass is 9.82. The van der Waals surface area contributed by atoms with E-state index in [1.54, 1.807) is 0 Å². The highest BCUT2D eigenvalue weighted by Crippen LogP contribution is 2.46. The van der Waals surface area contributed by atoms with Crippen LogP contribution in [0.1, 0.15) is 26.2 Å². The molecular weight excluding hydrogens is 172 g/mol. The third-order valence-corrected chi connectivity index (χ3v) is 4.29. The zero-order valence-electron chi connectivity index (χ0n) is 9.05. The van der Waals surface area contributed by atoms with Crippen LogP contribution in [0.25, 0.3) is 0 Å². The monoisotopic (exact) mass is 192 g/mol. The molecule has 3 aliphatic rings. The Hall–Kier alpha value is -0.340. The van der Waals surface area contributed by atoms with E-state index in [1.165, 1.54) is 44.5 Å². The van der Waals surface area contributed by atoms with E-state index in [0.29, 0.717) is 5.54 Å². The van der Waals surface area contributed by atoms with Crippen LogP contribution in [0, 0.1) is 5.92 Å². The zero-order chi connectivity index (χ0) is 9.76. The largest absolute Gasteiger partial charge is 0.306 e. The van der Waals surface area contributed by atoms with E-state index in [-0.39, 0.29) is 0 Å². The van der Waals surface area contributed by atoms with Gasteiger partial charge in [-0.15, -0.1) is 0 Å². The van der Waals surface area contributed by atoms with Gasteiger partial charge in [-0.1, -0.05) is 18.6 Å². The first-order valence-corrected chi connectivity index (χ1v) is 5.87. The van der Waals surface area contributed by atoms with Gasteiger partial charge in [0.2, 0.25) is 0 Å². The van der Waals surface area contributed by atoms with Crippen molar-refractivity contribution in [1.82, 2.24) is 10.2 Å². The first-order valence-electron chi connectivity index (χ1n) is 5.87.